The van der Waals surface area contributed by atoms with Gasteiger partial charge in [-0.05, 0) is 54.1 Å². The molecule has 7 heteroatoms. The third-order valence-corrected chi connectivity index (χ3v) is 5.05. The van der Waals surface area contributed by atoms with E-state index in [1.165, 1.54) is 19.2 Å². The van der Waals surface area contributed by atoms with E-state index < -0.39 is 10.0 Å². The molecule has 0 unspecified atom stereocenters. The number of pyridine rings is 2. The molecule has 3 aromatic rings. The number of ether oxygens (including phenoxy) is 1. The van der Waals surface area contributed by atoms with E-state index in [0.717, 1.165) is 16.8 Å². The molecule has 3 rings (SSSR count). The maximum absolute atomic E-state index is 12.4. The molecule has 0 saturated heterocycles. The fourth-order valence-corrected chi connectivity index (χ4v) is 3.30. The van der Waals surface area contributed by atoms with Gasteiger partial charge in [-0.15, -0.1) is 0 Å². The zero-order valence-corrected chi connectivity index (χ0v) is 14.4. The Bertz CT molecular complexity index is 943. The molecule has 0 fully saturated rings. The summed E-state index contributed by atoms with van der Waals surface area (Å²) < 4.78 is 32.4. The maximum atomic E-state index is 12.4. The Morgan fingerprint density at radius 3 is 2.40 bits per heavy atom. The number of methoxy groups -OCH3 is 1. The minimum atomic E-state index is -3.60. The van der Waals surface area contributed by atoms with Crippen molar-refractivity contribution in [2.75, 3.05) is 7.11 Å². The number of nitrogens with zero attached hydrogens (tertiary/aromatic N) is 2. The number of hydrogen-bond acceptors (Lipinski definition) is 5. The summed E-state index contributed by atoms with van der Waals surface area (Å²) >= 11 is 0. The predicted molar refractivity (Wildman–Crippen MR) is 94.5 cm³/mol. The molecule has 0 radical (unpaired) electrons. The van der Waals surface area contributed by atoms with Crippen LogP contribution in [0.15, 0.2) is 72.0 Å². The number of benzene rings is 1. The molecule has 0 atom stereocenters. The Hall–Kier alpha value is -2.77. The van der Waals surface area contributed by atoms with Crippen LogP contribution in [0.2, 0.25) is 0 Å². The highest BCUT2D eigenvalue weighted by Gasteiger charge is 2.14. The first-order valence-electron chi connectivity index (χ1n) is 7.57. The fourth-order valence-electron chi connectivity index (χ4n) is 2.28. The SMILES string of the molecule is COc1ccc(S(=O)(=O)NCc2ccnc(-c3ccncc3)c2)cc1. The first kappa shape index (κ1) is 17.1. The van der Waals surface area contributed by atoms with E-state index in [-0.39, 0.29) is 11.4 Å². The lowest BCUT2D eigenvalue weighted by Crippen LogP contribution is -2.23. The van der Waals surface area contributed by atoms with Gasteiger partial charge >= 0.3 is 0 Å². The predicted octanol–water partition coefficient (Wildman–Crippen LogP) is 2.63. The summed E-state index contributed by atoms with van der Waals surface area (Å²) in [5.74, 6) is 0.607. The van der Waals surface area contributed by atoms with Crippen molar-refractivity contribution < 1.29 is 13.2 Å². The molecule has 0 bridgehead atoms. The first-order valence-corrected chi connectivity index (χ1v) is 9.06. The molecule has 25 heavy (non-hydrogen) atoms. The third-order valence-electron chi connectivity index (χ3n) is 3.64. The summed E-state index contributed by atoms with van der Waals surface area (Å²) in [6, 6.07) is 13.6. The largest absolute Gasteiger partial charge is 0.497 e. The molecule has 0 saturated carbocycles. The van der Waals surface area contributed by atoms with Crippen molar-refractivity contribution in [1.82, 2.24) is 14.7 Å². The number of aromatic nitrogens is 2. The van der Waals surface area contributed by atoms with Gasteiger partial charge in [0.05, 0.1) is 17.7 Å². The Morgan fingerprint density at radius 2 is 1.72 bits per heavy atom. The molecule has 0 spiro atoms. The van der Waals surface area contributed by atoms with Gasteiger partial charge in [0.2, 0.25) is 10.0 Å². The van der Waals surface area contributed by atoms with Gasteiger partial charge < -0.3 is 4.74 Å². The van der Waals surface area contributed by atoms with Gasteiger partial charge in [-0.3, -0.25) is 9.97 Å². The number of rotatable bonds is 6. The zero-order valence-electron chi connectivity index (χ0n) is 13.6. The van der Waals surface area contributed by atoms with E-state index in [2.05, 4.69) is 14.7 Å². The van der Waals surface area contributed by atoms with Gasteiger partial charge in [0, 0.05) is 30.7 Å². The van der Waals surface area contributed by atoms with Crippen LogP contribution in [-0.4, -0.2) is 25.5 Å². The summed E-state index contributed by atoms with van der Waals surface area (Å²) in [7, 11) is -2.06. The lowest BCUT2D eigenvalue weighted by Gasteiger charge is -2.09. The van der Waals surface area contributed by atoms with Crippen molar-refractivity contribution >= 4 is 10.0 Å². The summed E-state index contributed by atoms with van der Waals surface area (Å²) in [6.45, 7) is 0.176. The van der Waals surface area contributed by atoms with Crippen LogP contribution in [0.3, 0.4) is 0 Å². The molecule has 0 aliphatic rings. The van der Waals surface area contributed by atoms with E-state index in [1.54, 1.807) is 36.8 Å². The van der Waals surface area contributed by atoms with Crippen LogP contribution in [0.1, 0.15) is 5.56 Å². The van der Waals surface area contributed by atoms with E-state index in [4.69, 9.17) is 4.74 Å². The first-order chi connectivity index (χ1) is 12.1. The quantitative estimate of drug-likeness (QED) is 0.735. The van der Waals surface area contributed by atoms with Crippen LogP contribution >= 0.6 is 0 Å². The van der Waals surface area contributed by atoms with Gasteiger partial charge in [-0.25, -0.2) is 13.1 Å². The maximum Gasteiger partial charge on any atom is 0.240 e. The summed E-state index contributed by atoms with van der Waals surface area (Å²) in [6.07, 6.45) is 5.04. The van der Waals surface area contributed by atoms with Crippen LogP contribution in [0, 0.1) is 0 Å². The van der Waals surface area contributed by atoms with Crippen molar-refractivity contribution in [2.45, 2.75) is 11.4 Å². The third kappa shape index (κ3) is 4.20. The smallest absolute Gasteiger partial charge is 0.240 e. The Kier molecular flexibility index (Phi) is 5.06. The monoisotopic (exact) mass is 355 g/mol. The van der Waals surface area contributed by atoms with E-state index >= 15 is 0 Å². The number of nitrogens with one attached hydrogen (secondary N) is 1. The van der Waals surface area contributed by atoms with E-state index in [0.29, 0.717) is 5.75 Å². The zero-order chi connectivity index (χ0) is 17.7. The summed E-state index contributed by atoms with van der Waals surface area (Å²) in [5.41, 5.74) is 2.51. The van der Waals surface area contributed by atoms with Crippen molar-refractivity contribution in [2.24, 2.45) is 0 Å². The molecule has 1 N–H and O–H groups in total. The number of hydrogen-bond donors (Lipinski definition) is 1. The van der Waals surface area contributed by atoms with Gasteiger partial charge in [0.15, 0.2) is 0 Å². The Morgan fingerprint density at radius 1 is 1.00 bits per heavy atom. The van der Waals surface area contributed by atoms with E-state index in [1.807, 2.05) is 18.2 Å². The van der Waals surface area contributed by atoms with Crippen LogP contribution in [-0.2, 0) is 16.6 Å². The highest BCUT2D eigenvalue weighted by atomic mass is 32.2. The van der Waals surface area contributed by atoms with Crippen molar-refractivity contribution in [3.63, 3.8) is 0 Å². The lowest BCUT2D eigenvalue weighted by atomic mass is 10.1. The standard InChI is InChI=1S/C18H17N3O3S/c1-24-16-2-4-17(5-3-16)25(22,23)21-13-14-6-11-20-18(12-14)15-7-9-19-10-8-15/h2-12,21H,13H2,1H3. The highest BCUT2D eigenvalue weighted by molar-refractivity contribution is 7.89. The molecule has 0 amide bonds. The molecule has 0 aliphatic carbocycles. The van der Waals surface area contributed by atoms with Crippen molar-refractivity contribution in [1.29, 1.82) is 0 Å². The van der Waals surface area contributed by atoms with Crippen molar-refractivity contribution in [3.8, 4) is 17.0 Å². The Labute approximate surface area is 146 Å². The number of sulfonamides is 1. The molecule has 128 valence electrons. The highest BCUT2D eigenvalue weighted by Crippen LogP contribution is 2.18. The van der Waals surface area contributed by atoms with Gasteiger partial charge in [0.1, 0.15) is 5.75 Å². The second kappa shape index (κ2) is 7.42. The van der Waals surface area contributed by atoms with Gasteiger partial charge in [0.25, 0.3) is 0 Å². The second-order valence-electron chi connectivity index (χ2n) is 5.29. The van der Waals surface area contributed by atoms with Crippen LogP contribution in [0.25, 0.3) is 11.3 Å². The minimum Gasteiger partial charge on any atom is -0.497 e. The van der Waals surface area contributed by atoms with Crippen LogP contribution in [0.5, 0.6) is 5.75 Å². The van der Waals surface area contributed by atoms with Crippen LogP contribution < -0.4 is 9.46 Å². The molecular formula is C18H17N3O3S. The normalized spacial score (nSPS) is 11.2. The molecule has 1 aromatic carbocycles. The molecule has 0 aliphatic heterocycles. The summed E-state index contributed by atoms with van der Waals surface area (Å²) in [4.78, 5) is 8.48. The van der Waals surface area contributed by atoms with E-state index in [9.17, 15) is 8.42 Å². The Balaban J connectivity index is 1.74. The van der Waals surface area contributed by atoms with Crippen molar-refractivity contribution in [3.05, 3.63) is 72.7 Å². The van der Waals surface area contributed by atoms with Gasteiger partial charge in [-0.1, -0.05) is 0 Å². The second-order valence-corrected chi connectivity index (χ2v) is 7.05. The topological polar surface area (TPSA) is 81.2 Å². The van der Waals surface area contributed by atoms with Crippen LogP contribution in [0.4, 0.5) is 0 Å². The average Bonchev–Trinajstić information content (AvgIpc) is 2.67. The molecular weight excluding hydrogens is 338 g/mol. The fraction of sp³-hybridized carbons (Fsp3) is 0.111. The molecule has 6 nitrogen and oxygen atoms in total. The van der Waals surface area contributed by atoms with Gasteiger partial charge in [-0.2, -0.15) is 0 Å². The summed E-state index contributed by atoms with van der Waals surface area (Å²) in [5, 5.41) is 0. The minimum absolute atomic E-state index is 0.176. The average molecular weight is 355 g/mol. The lowest BCUT2D eigenvalue weighted by molar-refractivity contribution is 0.414. The molecule has 2 aromatic heterocycles. The molecule has 2 heterocycles.